The van der Waals surface area contributed by atoms with Crippen molar-refractivity contribution < 1.29 is 14.0 Å². The second-order valence-electron chi connectivity index (χ2n) is 6.85. The van der Waals surface area contributed by atoms with E-state index in [9.17, 15) is 9.59 Å². The Balaban J connectivity index is 1.79. The van der Waals surface area contributed by atoms with Crippen LogP contribution in [0.2, 0.25) is 0 Å². The van der Waals surface area contributed by atoms with Gasteiger partial charge in [-0.3, -0.25) is 9.59 Å². The molecule has 0 bridgehead atoms. The molecule has 1 fully saturated rings. The fraction of sp³-hybridized carbons (Fsp3) is 0.400. The zero-order valence-corrected chi connectivity index (χ0v) is 15.2. The molecule has 6 nitrogen and oxygen atoms in total. The molecule has 2 amide bonds. The van der Waals surface area contributed by atoms with E-state index in [2.05, 4.69) is 0 Å². The maximum absolute atomic E-state index is 13.0. The van der Waals surface area contributed by atoms with Crippen LogP contribution in [0.15, 0.2) is 47.1 Å². The molecule has 0 aliphatic carbocycles. The van der Waals surface area contributed by atoms with E-state index < -0.39 is 0 Å². The molecule has 2 N–H and O–H groups in total. The molecule has 6 heteroatoms. The monoisotopic (exact) mass is 355 g/mol. The number of amides is 2. The van der Waals surface area contributed by atoms with Crippen LogP contribution in [-0.2, 0) is 0 Å². The van der Waals surface area contributed by atoms with Crippen LogP contribution >= 0.6 is 0 Å². The van der Waals surface area contributed by atoms with Crippen molar-refractivity contribution in [2.45, 2.75) is 25.8 Å². The van der Waals surface area contributed by atoms with E-state index in [1.807, 2.05) is 24.0 Å². The Morgan fingerprint density at radius 1 is 1.19 bits per heavy atom. The molecule has 1 aromatic carbocycles. The highest BCUT2D eigenvalue weighted by atomic mass is 16.3. The number of hydrogen-bond acceptors (Lipinski definition) is 4. The predicted octanol–water partition coefficient (Wildman–Crippen LogP) is 2.76. The standard InChI is InChI=1S/C20H25N3O3/c1-14(21)15-9-11-23(12-10-15)19(24)16-6-3-4-7-17(16)22(2)20(25)18-8-5-13-26-18/h3-8,13-15H,9-12,21H2,1-2H3. The van der Waals surface area contributed by atoms with Gasteiger partial charge in [-0.05, 0) is 49.9 Å². The van der Waals surface area contributed by atoms with Crippen molar-refractivity contribution >= 4 is 17.5 Å². The number of piperidine rings is 1. The number of nitrogens with two attached hydrogens (primary N) is 1. The highest BCUT2D eigenvalue weighted by molar-refractivity contribution is 6.09. The Kier molecular flexibility index (Phi) is 5.42. The molecule has 0 spiro atoms. The number of para-hydroxylation sites is 1. The van der Waals surface area contributed by atoms with Crippen LogP contribution in [-0.4, -0.2) is 42.9 Å². The predicted molar refractivity (Wildman–Crippen MR) is 100 cm³/mol. The van der Waals surface area contributed by atoms with Crippen LogP contribution in [0.4, 0.5) is 5.69 Å². The first-order valence-corrected chi connectivity index (χ1v) is 8.94. The average Bonchev–Trinajstić information content (AvgIpc) is 3.21. The fourth-order valence-corrected chi connectivity index (χ4v) is 3.42. The first kappa shape index (κ1) is 18.2. The SMILES string of the molecule is CC(N)C1CCN(C(=O)c2ccccc2N(C)C(=O)c2ccco2)CC1. The number of hydrogen-bond donors (Lipinski definition) is 1. The highest BCUT2D eigenvalue weighted by Crippen LogP contribution is 2.26. The van der Waals surface area contributed by atoms with Gasteiger partial charge in [0.25, 0.3) is 11.8 Å². The summed E-state index contributed by atoms with van der Waals surface area (Å²) in [4.78, 5) is 28.9. The molecule has 0 saturated carbocycles. The van der Waals surface area contributed by atoms with E-state index in [4.69, 9.17) is 10.2 Å². The minimum atomic E-state index is -0.286. The molecular formula is C20H25N3O3. The van der Waals surface area contributed by atoms with Gasteiger partial charge in [0.05, 0.1) is 17.5 Å². The van der Waals surface area contributed by atoms with E-state index in [0.717, 1.165) is 12.8 Å². The van der Waals surface area contributed by atoms with Gasteiger partial charge in [-0.2, -0.15) is 0 Å². The molecule has 1 atom stereocenters. The van der Waals surface area contributed by atoms with Gasteiger partial charge < -0.3 is 20.0 Å². The summed E-state index contributed by atoms with van der Waals surface area (Å²) < 4.78 is 5.19. The quantitative estimate of drug-likeness (QED) is 0.914. The summed E-state index contributed by atoms with van der Waals surface area (Å²) in [5.41, 5.74) is 7.09. The van der Waals surface area contributed by atoms with Gasteiger partial charge in [0.2, 0.25) is 0 Å². The Bertz CT molecular complexity index is 762. The second-order valence-corrected chi connectivity index (χ2v) is 6.85. The first-order chi connectivity index (χ1) is 12.5. The summed E-state index contributed by atoms with van der Waals surface area (Å²) >= 11 is 0. The van der Waals surface area contributed by atoms with Gasteiger partial charge in [-0.25, -0.2) is 0 Å². The third-order valence-corrected chi connectivity index (χ3v) is 5.10. The van der Waals surface area contributed by atoms with Gasteiger partial charge in [0.15, 0.2) is 5.76 Å². The molecular weight excluding hydrogens is 330 g/mol. The van der Waals surface area contributed by atoms with E-state index >= 15 is 0 Å². The zero-order valence-electron chi connectivity index (χ0n) is 15.2. The Morgan fingerprint density at radius 3 is 2.50 bits per heavy atom. The summed E-state index contributed by atoms with van der Waals surface area (Å²) in [7, 11) is 1.65. The number of benzene rings is 1. The summed E-state index contributed by atoms with van der Waals surface area (Å²) in [6.07, 6.45) is 3.28. The summed E-state index contributed by atoms with van der Waals surface area (Å²) in [6, 6.07) is 10.6. The lowest BCUT2D eigenvalue weighted by Crippen LogP contribution is -2.43. The normalized spacial score (nSPS) is 16.3. The van der Waals surface area contributed by atoms with Gasteiger partial charge in [0.1, 0.15) is 0 Å². The molecule has 3 rings (SSSR count). The smallest absolute Gasteiger partial charge is 0.293 e. The third kappa shape index (κ3) is 3.65. The number of rotatable bonds is 4. The molecule has 1 aliphatic heterocycles. The van der Waals surface area contributed by atoms with E-state index in [0.29, 0.717) is 30.3 Å². The number of nitrogens with zero attached hydrogens (tertiary/aromatic N) is 2. The van der Waals surface area contributed by atoms with Gasteiger partial charge in [-0.15, -0.1) is 0 Å². The largest absolute Gasteiger partial charge is 0.459 e. The number of anilines is 1. The van der Waals surface area contributed by atoms with Gasteiger partial charge in [0, 0.05) is 26.2 Å². The van der Waals surface area contributed by atoms with Crippen LogP contribution in [0.5, 0.6) is 0 Å². The maximum atomic E-state index is 13.0. The topological polar surface area (TPSA) is 79.8 Å². The van der Waals surface area contributed by atoms with Crippen molar-refractivity contribution in [2.24, 2.45) is 11.7 Å². The van der Waals surface area contributed by atoms with Crippen LogP contribution in [0.25, 0.3) is 0 Å². The van der Waals surface area contributed by atoms with E-state index in [1.165, 1.54) is 11.2 Å². The molecule has 26 heavy (non-hydrogen) atoms. The molecule has 1 aliphatic rings. The minimum Gasteiger partial charge on any atom is -0.459 e. The van der Waals surface area contributed by atoms with Crippen molar-refractivity contribution in [1.82, 2.24) is 4.90 Å². The first-order valence-electron chi connectivity index (χ1n) is 8.94. The Hall–Kier alpha value is -2.60. The minimum absolute atomic E-state index is 0.0529. The Labute approximate surface area is 153 Å². The Morgan fingerprint density at radius 2 is 1.88 bits per heavy atom. The average molecular weight is 355 g/mol. The summed E-state index contributed by atoms with van der Waals surface area (Å²) in [5, 5.41) is 0. The highest BCUT2D eigenvalue weighted by Gasteiger charge is 2.28. The molecule has 1 unspecified atom stereocenters. The van der Waals surface area contributed by atoms with Crippen molar-refractivity contribution in [3.8, 4) is 0 Å². The number of carbonyl (C=O) groups excluding carboxylic acids is 2. The van der Waals surface area contributed by atoms with Crippen molar-refractivity contribution in [3.63, 3.8) is 0 Å². The van der Waals surface area contributed by atoms with Crippen LogP contribution in [0.3, 0.4) is 0 Å². The maximum Gasteiger partial charge on any atom is 0.293 e. The summed E-state index contributed by atoms with van der Waals surface area (Å²) in [6.45, 7) is 3.40. The molecule has 2 heterocycles. The molecule has 0 radical (unpaired) electrons. The molecule has 1 saturated heterocycles. The fourth-order valence-electron chi connectivity index (χ4n) is 3.42. The van der Waals surface area contributed by atoms with Crippen LogP contribution in [0, 0.1) is 5.92 Å². The number of likely N-dealkylation sites (tertiary alicyclic amines) is 1. The number of carbonyl (C=O) groups is 2. The van der Waals surface area contributed by atoms with Crippen LogP contribution < -0.4 is 10.6 Å². The van der Waals surface area contributed by atoms with E-state index in [-0.39, 0.29) is 23.6 Å². The lowest BCUT2D eigenvalue weighted by Gasteiger charge is -2.34. The molecule has 1 aromatic heterocycles. The molecule has 2 aromatic rings. The van der Waals surface area contributed by atoms with Gasteiger partial charge >= 0.3 is 0 Å². The van der Waals surface area contributed by atoms with Crippen molar-refractivity contribution in [3.05, 3.63) is 54.0 Å². The molecule has 138 valence electrons. The second kappa shape index (κ2) is 7.74. The van der Waals surface area contributed by atoms with Crippen molar-refractivity contribution in [1.29, 1.82) is 0 Å². The lowest BCUT2D eigenvalue weighted by atomic mass is 9.90. The zero-order chi connectivity index (χ0) is 18.7. The van der Waals surface area contributed by atoms with Crippen LogP contribution in [0.1, 0.15) is 40.7 Å². The lowest BCUT2D eigenvalue weighted by molar-refractivity contribution is 0.0681. The summed E-state index contributed by atoms with van der Waals surface area (Å²) in [5.74, 6) is 0.360. The van der Waals surface area contributed by atoms with Crippen molar-refractivity contribution in [2.75, 3.05) is 25.0 Å². The van der Waals surface area contributed by atoms with Gasteiger partial charge in [-0.1, -0.05) is 12.1 Å². The van der Waals surface area contributed by atoms with E-state index in [1.54, 1.807) is 31.3 Å². The number of furan rings is 1. The third-order valence-electron chi connectivity index (χ3n) is 5.10.